The average molecular weight is 244 g/mol. The molecule has 1 N–H and O–H groups in total. The minimum atomic E-state index is 0.390. The molecule has 0 aromatic rings. The summed E-state index contributed by atoms with van der Waals surface area (Å²) in [6.45, 7) is 11.5. The van der Waals surface area contributed by atoms with E-state index in [1.807, 2.05) is 0 Å². The van der Waals surface area contributed by atoms with E-state index in [2.05, 4.69) is 24.1 Å². The first-order chi connectivity index (χ1) is 8.22. The molecule has 0 aromatic carbocycles. The van der Waals surface area contributed by atoms with E-state index in [1.165, 1.54) is 0 Å². The van der Waals surface area contributed by atoms with Gasteiger partial charge in [-0.15, -0.1) is 0 Å². The third-order valence-corrected chi connectivity index (χ3v) is 3.01. The van der Waals surface area contributed by atoms with Crippen molar-refractivity contribution in [3.05, 3.63) is 0 Å². The molecular formula is C13H28N2O2. The molecule has 1 unspecified atom stereocenters. The molecule has 1 saturated heterocycles. The highest BCUT2D eigenvalue weighted by atomic mass is 16.5. The molecule has 0 aromatic heterocycles. The number of ether oxygens (including phenoxy) is 2. The van der Waals surface area contributed by atoms with Crippen LogP contribution in [0.1, 0.15) is 20.3 Å². The first-order valence-electron chi connectivity index (χ1n) is 6.76. The molecule has 0 radical (unpaired) electrons. The predicted octanol–water partition coefficient (Wildman–Crippen LogP) is 0.969. The fourth-order valence-corrected chi connectivity index (χ4v) is 2.16. The standard InChI is InChI=1S/C13H28N2O2/c1-12(2)11-15(7-9-16-3)6-4-13-10-14-5-8-17-13/h12-14H,4-11H2,1-3H3. The predicted molar refractivity (Wildman–Crippen MR) is 70.4 cm³/mol. The Morgan fingerprint density at radius 2 is 2.24 bits per heavy atom. The highest BCUT2D eigenvalue weighted by Gasteiger charge is 2.15. The molecule has 0 spiro atoms. The second-order valence-electron chi connectivity index (χ2n) is 5.17. The van der Waals surface area contributed by atoms with Crippen LogP contribution in [0.3, 0.4) is 0 Å². The summed E-state index contributed by atoms with van der Waals surface area (Å²) in [6, 6.07) is 0. The quantitative estimate of drug-likeness (QED) is 0.690. The molecular weight excluding hydrogens is 216 g/mol. The lowest BCUT2D eigenvalue weighted by Crippen LogP contribution is -2.41. The second kappa shape index (κ2) is 8.86. The monoisotopic (exact) mass is 244 g/mol. The van der Waals surface area contributed by atoms with Crippen LogP contribution in [-0.2, 0) is 9.47 Å². The number of methoxy groups -OCH3 is 1. The van der Waals surface area contributed by atoms with Gasteiger partial charge < -0.3 is 19.7 Å². The molecule has 1 aliphatic heterocycles. The highest BCUT2D eigenvalue weighted by Crippen LogP contribution is 2.05. The van der Waals surface area contributed by atoms with Crippen molar-refractivity contribution in [1.82, 2.24) is 10.2 Å². The summed E-state index contributed by atoms with van der Waals surface area (Å²) < 4.78 is 10.9. The van der Waals surface area contributed by atoms with Crippen molar-refractivity contribution in [3.63, 3.8) is 0 Å². The van der Waals surface area contributed by atoms with Crippen LogP contribution < -0.4 is 5.32 Å². The fraction of sp³-hybridized carbons (Fsp3) is 1.00. The van der Waals surface area contributed by atoms with Crippen LogP contribution >= 0.6 is 0 Å². The number of hydrogen-bond acceptors (Lipinski definition) is 4. The number of nitrogens with zero attached hydrogens (tertiary/aromatic N) is 1. The van der Waals surface area contributed by atoms with Gasteiger partial charge in [-0.25, -0.2) is 0 Å². The van der Waals surface area contributed by atoms with Gasteiger partial charge >= 0.3 is 0 Å². The van der Waals surface area contributed by atoms with Crippen LogP contribution in [-0.4, -0.2) is 64.1 Å². The van der Waals surface area contributed by atoms with Crippen molar-refractivity contribution >= 4 is 0 Å². The Hall–Kier alpha value is -0.160. The molecule has 1 aliphatic rings. The summed E-state index contributed by atoms with van der Waals surface area (Å²) in [5.74, 6) is 0.706. The van der Waals surface area contributed by atoms with Gasteiger partial charge in [0.15, 0.2) is 0 Å². The van der Waals surface area contributed by atoms with Gasteiger partial charge in [0, 0.05) is 39.8 Å². The van der Waals surface area contributed by atoms with Crippen molar-refractivity contribution in [2.75, 3.05) is 53.0 Å². The molecule has 1 fully saturated rings. The number of nitrogens with one attached hydrogen (secondary N) is 1. The molecule has 0 aliphatic carbocycles. The summed E-state index contributed by atoms with van der Waals surface area (Å²) >= 11 is 0. The van der Waals surface area contributed by atoms with Crippen LogP contribution in [0.2, 0.25) is 0 Å². The maximum Gasteiger partial charge on any atom is 0.0712 e. The van der Waals surface area contributed by atoms with Gasteiger partial charge in [0.2, 0.25) is 0 Å². The molecule has 0 amide bonds. The van der Waals surface area contributed by atoms with E-state index >= 15 is 0 Å². The van der Waals surface area contributed by atoms with E-state index in [-0.39, 0.29) is 0 Å². The van der Waals surface area contributed by atoms with Crippen molar-refractivity contribution < 1.29 is 9.47 Å². The van der Waals surface area contributed by atoms with Crippen LogP contribution in [0.4, 0.5) is 0 Å². The van der Waals surface area contributed by atoms with E-state index in [1.54, 1.807) is 7.11 Å². The van der Waals surface area contributed by atoms with Gasteiger partial charge in [-0.2, -0.15) is 0 Å². The Labute approximate surface area is 106 Å². The van der Waals surface area contributed by atoms with Gasteiger partial charge in [0.05, 0.1) is 19.3 Å². The second-order valence-corrected chi connectivity index (χ2v) is 5.17. The van der Waals surface area contributed by atoms with Crippen molar-refractivity contribution in [2.45, 2.75) is 26.4 Å². The average Bonchev–Trinajstić information content (AvgIpc) is 2.33. The van der Waals surface area contributed by atoms with Crippen LogP contribution in [0.5, 0.6) is 0 Å². The van der Waals surface area contributed by atoms with Gasteiger partial charge in [0.1, 0.15) is 0 Å². The SMILES string of the molecule is COCCN(CCC1CNCCO1)CC(C)C. The van der Waals surface area contributed by atoms with Crippen molar-refractivity contribution in [3.8, 4) is 0 Å². The minimum Gasteiger partial charge on any atom is -0.383 e. The number of morpholine rings is 1. The Morgan fingerprint density at radius 3 is 2.82 bits per heavy atom. The van der Waals surface area contributed by atoms with Crippen molar-refractivity contribution in [2.24, 2.45) is 5.92 Å². The zero-order valence-electron chi connectivity index (χ0n) is 11.6. The van der Waals surface area contributed by atoms with Crippen molar-refractivity contribution in [1.29, 1.82) is 0 Å². The lowest BCUT2D eigenvalue weighted by atomic mass is 10.1. The van der Waals surface area contributed by atoms with E-state index in [4.69, 9.17) is 9.47 Å². The topological polar surface area (TPSA) is 33.7 Å². The first-order valence-corrected chi connectivity index (χ1v) is 6.76. The maximum atomic E-state index is 5.72. The number of rotatable bonds is 8. The Morgan fingerprint density at radius 1 is 1.41 bits per heavy atom. The van der Waals surface area contributed by atoms with Gasteiger partial charge in [-0.1, -0.05) is 13.8 Å². The lowest BCUT2D eigenvalue weighted by molar-refractivity contribution is 0.0151. The molecule has 1 atom stereocenters. The van der Waals surface area contributed by atoms with E-state index in [0.717, 1.165) is 52.4 Å². The summed E-state index contributed by atoms with van der Waals surface area (Å²) in [4.78, 5) is 2.48. The maximum absolute atomic E-state index is 5.72. The fourth-order valence-electron chi connectivity index (χ4n) is 2.16. The molecule has 4 nitrogen and oxygen atoms in total. The highest BCUT2D eigenvalue weighted by molar-refractivity contribution is 4.70. The Kier molecular flexibility index (Phi) is 7.77. The molecule has 0 saturated carbocycles. The first kappa shape index (κ1) is 14.9. The zero-order valence-corrected chi connectivity index (χ0v) is 11.6. The third-order valence-electron chi connectivity index (χ3n) is 3.01. The van der Waals surface area contributed by atoms with Crippen LogP contribution in [0.15, 0.2) is 0 Å². The zero-order chi connectivity index (χ0) is 12.5. The smallest absolute Gasteiger partial charge is 0.0712 e. The minimum absolute atomic E-state index is 0.390. The summed E-state index contributed by atoms with van der Waals surface area (Å²) in [6.07, 6.45) is 1.50. The van der Waals surface area contributed by atoms with E-state index < -0.39 is 0 Å². The molecule has 102 valence electrons. The molecule has 1 heterocycles. The van der Waals surface area contributed by atoms with Crippen LogP contribution in [0.25, 0.3) is 0 Å². The normalized spacial score (nSPS) is 21.4. The van der Waals surface area contributed by atoms with Gasteiger partial charge in [-0.3, -0.25) is 0 Å². The molecule has 1 rings (SSSR count). The van der Waals surface area contributed by atoms with Crippen LogP contribution in [0, 0.1) is 5.92 Å². The summed E-state index contributed by atoms with van der Waals surface area (Å²) in [5, 5.41) is 3.37. The van der Waals surface area contributed by atoms with E-state index in [0.29, 0.717) is 12.0 Å². The largest absolute Gasteiger partial charge is 0.383 e. The van der Waals surface area contributed by atoms with E-state index in [9.17, 15) is 0 Å². The Balaban J connectivity index is 2.21. The van der Waals surface area contributed by atoms with Gasteiger partial charge in [-0.05, 0) is 12.3 Å². The molecule has 0 bridgehead atoms. The Bertz CT molecular complexity index is 182. The summed E-state index contributed by atoms with van der Waals surface area (Å²) in [5.41, 5.74) is 0. The third kappa shape index (κ3) is 6.99. The lowest BCUT2D eigenvalue weighted by Gasteiger charge is -2.28. The number of hydrogen-bond donors (Lipinski definition) is 1. The molecule has 4 heteroatoms. The van der Waals surface area contributed by atoms with Gasteiger partial charge in [0.25, 0.3) is 0 Å². The molecule has 17 heavy (non-hydrogen) atoms. The summed E-state index contributed by atoms with van der Waals surface area (Å²) in [7, 11) is 1.77.